The summed E-state index contributed by atoms with van der Waals surface area (Å²) < 4.78 is 7.98. The molecule has 28 heavy (non-hydrogen) atoms. The van der Waals surface area contributed by atoms with E-state index in [4.69, 9.17) is 4.74 Å². The number of carbonyl (C=O) groups is 1. The first kappa shape index (κ1) is 17.1. The lowest BCUT2D eigenvalue weighted by atomic mass is 9.95. The van der Waals surface area contributed by atoms with Gasteiger partial charge < -0.3 is 9.64 Å². The lowest BCUT2D eigenvalue weighted by Crippen LogP contribution is -2.50. The van der Waals surface area contributed by atoms with Gasteiger partial charge in [-0.1, -0.05) is 35.5 Å². The molecular formula is C21H21N5O2. The Balaban J connectivity index is 1.44. The summed E-state index contributed by atoms with van der Waals surface area (Å²) in [5, 5.41) is 8.21. The Morgan fingerprint density at radius 2 is 2.07 bits per heavy atom. The van der Waals surface area contributed by atoms with Gasteiger partial charge in [-0.05, 0) is 30.5 Å². The normalized spacial score (nSPS) is 21.1. The molecule has 7 nitrogen and oxygen atoms in total. The highest BCUT2D eigenvalue weighted by atomic mass is 16.5. The Hall–Kier alpha value is -3.06. The molecule has 0 aliphatic carbocycles. The van der Waals surface area contributed by atoms with Crippen molar-refractivity contribution in [1.29, 1.82) is 0 Å². The number of hydrogen-bond donors (Lipinski definition) is 0. The summed E-state index contributed by atoms with van der Waals surface area (Å²) in [6.45, 7) is 3.58. The van der Waals surface area contributed by atoms with Gasteiger partial charge in [-0.25, -0.2) is 4.68 Å². The third-order valence-electron chi connectivity index (χ3n) is 5.66. The van der Waals surface area contributed by atoms with Crippen molar-refractivity contribution in [2.45, 2.75) is 32.1 Å². The average Bonchev–Trinajstić information content (AvgIpc) is 3.22. The Kier molecular flexibility index (Phi) is 4.16. The lowest BCUT2D eigenvalue weighted by molar-refractivity contribution is -0.0627. The standard InChI is InChI=1S/C21H21N5O2/c1-14-20(17(7-9-22-14)15-5-3-2-4-6-15)21(27)25-10-8-18-19(12-25)28-13-16-11-23-24-26(16)18/h2-7,9,11,18-19H,8,10,12-13H2,1H3/t18-,19-/m0/s1. The Labute approximate surface area is 163 Å². The third-order valence-corrected chi connectivity index (χ3v) is 5.66. The molecular weight excluding hydrogens is 354 g/mol. The number of benzene rings is 1. The number of carbonyl (C=O) groups excluding carboxylic acids is 1. The Morgan fingerprint density at radius 1 is 1.21 bits per heavy atom. The molecule has 1 fully saturated rings. The second-order valence-corrected chi connectivity index (χ2v) is 7.31. The molecule has 2 aliphatic rings. The average molecular weight is 375 g/mol. The first-order chi connectivity index (χ1) is 13.7. The molecule has 142 valence electrons. The van der Waals surface area contributed by atoms with Gasteiger partial charge in [0.1, 0.15) is 0 Å². The highest BCUT2D eigenvalue weighted by Gasteiger charge is 2.38. The molecule has 1 amide bonds. The van der Waals surface area contributed by atoms with E-state index in [0.717, 1.165) is 28.9 Å². The van der Waals surface area contributed by atoms with E-state index in [0.29, 0.717) is 25.3 Å². The summed E-state index contributed by atoms with van der Waals surface area (Å²) >= 11 is 0. The van der Waals surface area contributed by atoms with Crippen LogP contribution in [-0.4, -0.2) is 50.0 Å². The molecule has 2 aliphatic heterocycles. The van der Waals surface area contributed by atoms with Crippen LogP contribution in [0, 0.1) is 6.92 Å². The molecule has 3 aromatic rings. The number of pyridine rings is 1. The van der Waals surface area contributed by atoms with Gasteiger partial charge in [0, 0.05) is 19.3 Å². The zero-order valence-electron chi connectivity index (χ0n) is 15.7. The number of hydrogen-bond acceptors (Lipinski definition) is 5. The van der Waals surface area contributed by atoms with Gasteiger partial charge in [0.05, 0.1) is 41.9 Å². The van der Waals surface area contributed by atoms with Crippen LogP contribution in [0.15, 0.2) is 48.8 Å². The van der Waals surface area contributed by atoms with Crippen LogP contribution in [0.3, 0.4) is 0 Å². The summed E-state index contributed by atoms with van der Waals surface area (Å²) in [5.41, 5.74) is 4.35. The molecule has 0 radical (unpaired) electrons. The number of nitrogens with zero attached hydrogens (tertiary/aromatic N) is 5. The highest BCUT2D eigenvalue weighted by molar-refractivity contribution is 6.01. The van der Waals surface area contributed by atoms with Gasteiger partial charge in [0.2, 0.25) is 0 Å². The molecule has 1 saturated heterocycles. The van der Waals surface area contributed by atoms with Crippen molar-refractivity contribution >= 4 is 5.91 Å². The molecule has 2 atom stereocenters. The smallest absolute Gasteiger partial charge is 0.256 e. The van der Waals surface area contributed by atoms with Crippen molar-refractivity contribution in [3.8, 4) is 11.1 Å². The van der Waals surface area contributed by atoms with Gasteiger partial charge in [-0.3, -0.25) is 9.78 Å². The van der Waals surface area contributed by atoms with Crippen LogP contribution in [0.25, 0.3) is 11.1 Å². The number of piperidine rings is 1. The zero-order chi connectivity index (χ0) is 19.1. The maximum atomic E-state index is 13.5. The van der Waals surface area contributed by atoms with Gasteiger partial charge >= 0.3 is 0 Å². The Morgan fingerprint density at radius 3 is 2.93 bits per heavy atom. The molecule has 7 heteroatoms. The van der Waals surface area contributed by atoms with E-state index in [1.54, 1.807) is 12.4 Å². The van der Waals surface area contributed by atoms with Gasteiger partial charge in [-0.15, -0.1) is 5.10 Å². The number of aromatic nitrogens is 4. The van der Waals surface area contributed by atoms with Crippen LogP contribution in [-0.2, 0) is 11.3 Å². The van der Waals surface area contributed by atoms with Gasteiger partial charge in [-0.2, -0.15) is 0 Å². The second-order valence-electron chi connectivity index (χ2n) is 7.31. The maximum Gasteiger partial charge on any atom is 0.256 e. The predicted molar refractivity (Wildman–Crippen MR) is 103 cm³/mol. The van der Waals surface area contributed by atoms with Crippen LogP contribution >= 0.6 is 0 Å². The van der Waals surface area contributed by atoms with Crippen LogP contribution in [0.1, 0.15) is 34.2 Å². The molecule has 0 bridgehead atoms. The molecule has 5 rings (SSSR count). The maximum absolute atomic E-state index is 13.5. The van der Waals surface area contributed by atoms with E-state index < -0.39 is 0 Å². The first-order valence-corrected chi connectivity index (χ1v) is 9.53. The number of fused-ring (bicyclic) bond motifs is 3. The van der Waals surface area contributed by atoms with Crippen molar-refractivity contribution in [3.63, 3.8) is 0 Å². The Bertz CT molecular complexity index is 1020. The minimum atomic E-state index is -0.0657. The number of rotatable bonds is 2. The molecule has 1 aromatic carbocycles. The van der Waals surface area contributed by atoms with Crippen LogP contribution < -0.4 is 0 Å². The highest BCUT2D eigenvalue weighted by Crippen LogP contribution is 2.32. The summed E-state index contributed by atoms with van der Waals surface area (Å²) in [6, 6.07) is 12.0. The van der Waals surface area contributed by atoms with Crippen LogP contribution in [0.5, 0.6) is 0 Å². The van der Waals surface area contributed by atoms with E-state index in [-0.39, 0.29) is 18.1 Å². The molecule has 4 heterocycles. The fourth-order valence-electron chi connectivity index (χ4n) is 4.22. The van der Waals surface area contributed by atoms with Crippen LogP contribution in [0.2, 0.25) is 0 Å². The summed E-state index contributed by atoms with van der Waals surface area (Å²) in [5.74, 6) is 0.0101. The molecule has 0 saturated carbocycles. The van der Waals surface area contributed by atoms with E-state index in [9.17, 15) is 4.79 Å². The lowest BCUT2D eigenvalue weighted by Gasteiger charge is -2.41. The van der Waals surface area contributed by atoms with E-state index in [1.807, 2.05) is 52.9 Å². The van der Waals surface area contributed by atoms with Crippen LogP contribution in [0.4, 0.5) is 0 Å². The second kappa shape index (κ2) is 6.83. The fourth-order valence-corrected chi connectivity index (χ4v) is 4.22. The fraction of sp³-hybridized carbons (Fsp3) is 0.333. The van der Waals surface area contributed by atoms with E-state index in [2.05, 4.69) is 15.3 Å². The number of amides is 1. The SMILES string of the molecule is Cc1nccc(-c2ccccc2)c1C(=O)N1CC[C@H]2[C@H](C1)OCc1cnnn12. The first-order valence-electron chi connectivity index (χ1n) is 9.53. The summed E-state index contributed by atoms with van der Waals surface area (Å²) in [7, 11) is 0. The minimum Gasteiger partial charge on any atom is -0.368 e. The minimum absolute atomic E-state index is 0.0101. The molecule has 2 aromatic heterocycles. The topological polar surface area (TPSA) is 73.1 Å². The van der Waals surface area contributed by atoms with Crippen molar-refractivity contribution < 1.29 is 9.53 Å². The van der Waals surface area contributed by atoms with Crippen molar-refractivity contribution in [3.05, 3.63) is 65.7 Å². The zero-order valence-corrected chi connectivity index (χ0v) is 15.7. The van der Waals surface area contributed by atoms with Crippen molar-refractivity contribution in [2.24, 2.45) is 0 Å². The van der Waals surface area contributed by atoms with Crippen molar-refractivity contribution in [2.75, 3.05) is 13.1 Å². The predicted octanol–water partition coefficient (Wildman–Crippen LogP) is 2.63. The monoisotopic (exact) mass is 375 g/mol. The van der Waals surface area contributed by atoms with Crippen molar-refractivity contribution in [1.82, 2.24) is 24.9 Å². The third kappa shape index (κ3) is 2.79. The summed E-state index contributed by atoms with van der Waals surface area (Å²) in [4.78, 5) is 19.8. The van der Waals surface area contributed by atoms with Gasteiger partial charge in [0.25, 0.3) is 5.91 Å². The number of likely N-dealkylation sites (tertiary alicyclic amines) is 1. The molecule has 0 unspecified atom stereocenters. The molecule has 0 spiro atoms. The van der Waals surface area contributed by atoms with E-state index in [1.165, 1.54) is 0 Å². The van der Waals surface area contributed by atoms with E-state index >= 15 is 0 Å². The molecule has 0 N–H and O–H groups in total. The number of ether oxygens (including phenoxy) is 1. The van der Waals surface area contributed by atoms with Gasteiger partial charge in [0.15, 0.2) is 0 Å². The largest absolute Gasteiger partial charge is 0.368 e. The number of aryl methyl sites for hydroxylation is 1. The summed E-state index contributed by atoms with van der Waals surface area (Å²) in [6.07, 6.45) is 4.24. The quantitative estimate of drug-likeness (QED) is 0.688.